The Morgan fingerprint density at radius 1 is 1.78 bits per heavy atom. The Balaban J connectivity index is 4.30. The van der Waals surface area contributed by atoms with Gasteiger partial charge in [-0.25, -0.2) is 0 Å². The van der Waals surface area contributed by atoms with E-state index in [-0.39, 0.29) is 0 Å². The Bertz CT molecular complexity index is 195. The summed E-state index contributed by atoms with van der Waals surface area (Å²) >= 11 is 1.41. The predicted molar refractivity (Wildman–Crippen MR) is 41.8 cm³/mol. The Morgan fingerprint density at radius 2 is 2.33 bits per heavy atom. The molecular weight excluding hydrogens is 299 g/mol. The molecule has 0 saturated carbocycles. The summed E-state index contributed by atoms with van der Waals surface area (Å²) in [5.41, 5.74) is 0.843. The third kappa shape index (κ3) is 4.53. The van der Waals surface area contributed by atoms with Crippen LogP contribution < -0.4 is 0 Å². The van der Waals surface area contributed by atoms with Crippen molar-refractivity contribution >= 4 is 12.9 Å². The van der Waals surface area contributed by atoms with E-state index in [0.717, 1.165) is 5.57 Å². The third-order valence-corrected chi connectivity index (χ3v) is 1.27. The van der Waals surface area contributed by atoms with Crippen LogP contribution in [0.5, 0.6) is 0 Å². The Kier molecular flexibility index (Phi) is 4.88. The van der Waals surface area contributed by atoms with Gasteiger partial charge in [-0.2, -0.15) is 0 Å². The van der Waals surface area contributed by atoms with Gasteiger partial charge < -0.3 is 0 Å². The van der Waals surface area contributed by atoms with Crippen LogP contribution in [0.4, 0.5) is 0 Å². The van der Waals surface area contributed by atoms with Crippen molar-refractivity contribution in [1.82, 2.24) is 0 Å². The van der Waals surface area contributed by atoms with Gasteiger partial charge in [0.05, 0.1) is 0 Å². The zero-order valence-electron chi connectivity index (χ0n) is 4.92. The van der Waals surface area contributed by atoms with E-state index in [1.807, 2.05) is 6.08 Å². The summed E-state index contributed by atoms with van der Waals surface area (Å²) < 4.78 is 1.20. The molecule has 0 heterocycles. The van der Waals surface area contributed by atoms with E-state index in [9.17, 15) is 0 Å². The van der Waals surface area contributed by atoms with Crippen molar-refractivity contribution in [3.63, 3.8) is 0 Å². The fourth-order valence-corrected chi connectivity index (χ4v) is 0.948. The first-order valence-electron chi connectivity index (χ1n) is 2.31. The molecule has 0 bridgehead atoms. The average molecular weight is 306 g/mol. The van der Waals surface area contributed by atoms with E-state index in [4.69, 9.17) is 6.42 Å². The van der Waals surface area contributed by atoms with Crippen LogP contribution in [-0.2, 0) is 19.4 Å². The molecule has 46 valence electrons. The first kappa shape index (κ1) is 9.03. The van der Waals surface area contributed by atoms with Crippen molar-refractivity contribution in [3.8, 4) is 12.3 Å². The molecule has 0 fully saturated rings. The summed E-state index contributed by atoms with van der Waals surface area (Å²) in [5, 5.41) is 0. The molecule has 0 spiro atoms. The van der Waals surface area contributed by atoms with Crippen molar-refractivity contribution in [2.75, 3.05) is 0 Å². The normalized spacial score (nSPS) is 10.0. The minimum absolute atomic E-state index is 0.843. The van der Waals surface area contributed by atoms with Gasteiger partial charge in [-0.3, -0.25) is 0 Å². The second kappa shape index (κ2) is 4.87. The van der Waals surface area contributed by atoms with Crippen LogP contribution in [0.2, 0.25) is 0 Å². The summed E-state index contributed by atoms with van der Waals surface area (Å²) in [6, 6.07) is 0. The van der Waals surface area contributed by atoms with Gasteiger partial charge >= 0.3 is 68.9 Å². The van der Waals surface area contributed by atoms with Crippen LogP contribution >= 0.6 is 9.24 Å². The molecule has 0 aromatic rings. The molecule has 0 amide bonds. The van der Waals surface area contributed by atoms with Crippen molar-refractivity contribution in [3.05, 3.63) is 24.3 Å². The summed E-state index contributed by atoms with van der Waals surface area (Å²) in [6.45, 7) is 3.56. The maximum absolute atomic E-state index is 5.13. The van der Waals surface area contributed by atoms with Crippen molar-refractivity contribution in [2.24, 2.45) is 0 Å². The quantitative estimate of drug-likeness (QED) is 0.410. The molecule has 9 heavy (non-hydrogen) atoms. The number of rotatable bonds is 2. The molecule has 0 saturated heterocycles. The summed E-state index contributed by atoms with van der Waals surface area (Å²) in [7, 11) is 2.59. The third-order valence-electron chi connectivity index (χ3n) is 0.684. The zero-order chi connectivity index (χ0) is 7.28. The first-order valence-corrected chi connectivity index (χ1v) is 4.35. The first-order chi connectivity index (χ1) is 4.20. The van der Waals surface area contributed by atoms with Crippen LogP contribution in [0.25, 0.3) is 0 Å². The minimum atomic E-state index is 0.843. The van der Waals surface area contributed by atoms with Gasteiger partial charge in [-0.1, -0.05) is 0 Å². The van der Waals surface area contributed by atoms with E-state index in [0.29, 0.717) is 0 Å². The van der Waals surface area contributed by atoms with E-state index in [1.54, 1.807) is 6.08 Å². The maximum atomic E-state index is 5.13. The SMILES string of the molecule is C#C/C(C=C)=C/[C](P)=[W]. The molecule has 0 nitrogen and oxygen atoms in total. The van der Waals surface area contributed by atoms with Gasteiger partial charge in [-0.15, -0.1) is 0 Å². The fourth-order valence-electron chi connectivity index (χ4n) is 0.313. The molecule has 0 aromatic carbocycles. The van der Waals surface area contributed by atoms with Gasteiger partial charge in [0, 0.05) is 0 Å². The molecule has 0 aliphatic carbocycles. The van der Waals surface area contributed by atoms with Gasteiger partial charge in [0.2, 0.25) is 0 Å². The molecule has 1 unspecified atom stereocenters. The number of allylic oxidation sites excluding steroid dienone is 3. The zero-order valence-corrected chi connectivity index (χ0v) is 9.01. The van der Waals surface area contributed by atoms with Crippen LogP contribution in [0.1, 0.15) is 0 Å². The molecule has 2 heteroatoms. The van der Waals surface area contributed by atoms with Crippen LogP contribution in [0.15, 0.2) is 24.3 Å². The fraction of sp³-hybridized carbons (Fsp3) is 0. The van der Waals surface area contributed by atoms with E-state index in [1.165, 1.54) is 23.0 Å². The monoisotopic (exact) mass is 306 g/mol. The molecule has 0 rings (SSSR count). The topological polar surface area (TPSA) is 0 Å². The molecule has 0 aliphatic rings. The Hall–Kier alpha value is 0.0283. The van der Waals surface area contributed by atoms with Crippen molar-refractivity contribution in [1.29, 1.82) is 0 Å². The second-order valence-electron chi connectivity index (χ2n) is 1.35. The second-order valence-corrected chi connectivity index (χ2v) is 5.31. The van der Waals surface area contributed by atoms with E-state index < -0.39 is 0 Å². The number of terminal acetylenes is 1. The Labute approximate surface area is 69.0 Å². The summed E-state index contributed by atoms with van der Waals surface area (Å²) in [6.07, 6.45) is 8.73. The number of hydrogen-bond donors (Lipinski definition) is 0. The average Bonchev–Trinajstić information content (AvgIpc) is 1.82. The van der Waals surface area contributed by atoms with E-state index >= 15 is 0 Å². The van der Waals surface area contributed by atoms with Crippen molar-refractivity contribution in [2.45, 2.75) is 0 Å². The Morgan fingerprint density at radius 3 is 2.44 bits per heavy atom. The number of hydrogen-bond acceptors (Lipinski definition) is 0. The standard InChI is InChI=1S/C7H7P.W/c1-3-7(4-2)5-6-8;/h1,4-5H,2,8H2;/b7-5-;. The molecule has 0 N–H and O–H groups in total. The van der Waals surface area contributed by atoms with Gasteiger partial charge in [0.1, 0.15) is 0 Å². The summed E-state index contributed by atoms with van der Waals surface area (Å²) in [4.78, 5) is 0. The van der Waals surface area contributed by atoms with E-state index in [2.05, 4.69) is 21.7 Å². The molecule has 0 aliphatic heterocycles. The van der Waals surface area contributed by atoms with Crippen molar-refractivity contribution < 1.29 is 19.4 Å². The molecular formula is C7H7PW. The van der Waals surface area contributed by atoms with Gasteiger partial charge in [-0.05, 0) is 0 Å². The molecule has 0 aromatic heterocycles. The molecule has 0 radical (unpaired) electrons. The van der Waals surface area contributed by atoms with Crippen LogP contribution in [0, 0.1) is 12.3 Å². The van der Waals surface area contributed by atoms with Gasteiger partial charge in [0.25, 0.3) is 0 Å². The van der Waals surface area contributed by atoms with Crippen LogP contribution in [-0.4, -0.2) is 3.64 Å². The van der Waals surface area contributed by atoms with Crippen LogP contribution in [0.3, 0.4) is 0 Å². The summed E-state index contributed by atoms with van der Waals surface area (Å²) in [5.74, 6) is 2.51. The van der Waals surface area contributed by atoms with Gasteiger partial charge in [0.15, 0.2) is 0 Å². The molecule has 1 atom stereocenters. The predicted octanol–water partition coefficient (Wildman–Crippen LogP) is 1.28.